The first-order valence-corrected chi connectivity index (χ1v) is 6.12. The van der Waals surface area contributed by atoms with E-state index in [2.05, 4.69) is 0 Å². The van der Waals surface area contributed by atoms with E-state index >= 15 is 0 Å². The van der Waals surface area contributed by atoms with E-state index in [0.717, 1.165) is 5.56 Å². The third-order valence-corrected chi connectivity index (χ3v) is 2.98. The van der Waals surface area contributed by atoms with Gasteiger partial charge in [-0.2, -0.15) is 0 Å². The van der Waals surface area contributed by atoms with Gasteiger partial charge in [0.2, 0.25) is 5.75 Å². The molecule has 0 aromatic heterocycles. The number of nitro groups is 1. The zero-order valence-corrected chi connectivity index (χ0v) is 11.3. The minimum Gasteiger partial charge on any atom is -0.496 e. The first-order chi connectivity index (χ1) is 9.63. The molecule has 0 heterocycles. The van der Waals surface area contributed by atoms with Gasteiger partial charge < -0.3 is 9.47 Å². The lowest BCUT2D eigenvalue weighted by atomic mass is 10.1. The van der Waals surface area contributed by atoms with Gasteiger partial charge in [-0.15, -0.1) is 0 Å². The van der Waals surface area contributed by atoms with Gasteiger partial charge >= 0.3 is 5.69 Å². The third kappa shape index (κ3) is 2.88. The first kappa shape index (κ1) is 13.9. The lowest BCUT2D eigenvalue weighted by Gasteiger charge is -2.12. The summed E-state index contributed by atoms with van der Waals surface area (Å²) < 4.78 is 10.8. The van der Waals surface area contributed by atoms with Crippen molar-refractivity contribution in [3.05, 3.63) is 63.7 Å². The molecule has 0 atom stereocenters. The monoisotopic (exact) mass is 273 g/mol. The van der Waals surface area contributed by atoms with Crippen LogP contribution in [-0.2, 0) is 6.61 Å². The van der Waals surface area contributed by atoms with Crippen molar-refractivity contribution < 1.29 is 14.4 Å². The Bertz CT molecular complexity index is 611. The number of rotatable bonds is 5. The third-order valence-electron chi connectivity index (χ3n) is 2.98. The van der Waals surface area contributed by atoms with E-state index in [1.54, 1.807) is 13.0 Å². The molecule has 0 amide bonds. The summed E-state index contributed by atoms with van der Waals surface area (Å²) >= 11 is 0. The predicted octanol–water partition coefficient (Wildman–Crippen LogP) is 3.49. The van der Waals surface area contributed by atoms with Crippen LogP contribution in [0.15, 0.2) is 42.5 Å². The average Bonchev–Trinajstić information content (AvgIpc) is 2.46. The van der Waals surface area contributed by atoms with E-state index in [0.29, 0.717) is 11.3 Å². The fourth-order valence-corrected chi connectivity index (χ4v) is 1.94. The predicted molar refractivity (Wildman–Crippen MR) is 75.2 cm³/mol. The zero-order chi connectivity index (χ0) is 14.5. The lowest BCUT2D eigenvalue weighted by Crippen LogP contribution is -2.02. The smallest absolute Gasteiger partial charge is 0.311 e. The maximum Gasteiger partial charge on any atom is 0.311 e. The van der Waals surface area contributed by atoms with Crippen LogP contribution in [-0.4, -0.2) is 12.0 Å². The van der Waals surface area contributed by atoms with Crippen molar-refractivity contribution in [2.24, 2.45) is 0 Å². The van der Waals surface area contributed by atoms with Crippen LogP contribution >= 0.6 is 0 Å². The number of hydrogen-bond donors (Lipinski definition) is 0. The summed E-state index contributed by atoms with van der Waals surface area (Å²) in [5.41, 5.74) is 1.51. The molecule has 104 valence electrons. The molecule has 0 bridgehead atoms. The van der Waals surface area contributed by atoms with Gasteiger partial charge in [0.15, 0.2) is 0 Å². The van der Waals surface area contributed by atoms with E-state index in [-0.39, 0.29) is 18.0 Å². The molecular formula is C15H15NO4. The van der Waals surface area contributed by atoms with Crippen LogP contribution in [0.5, 0.6) is 11.5 Å². The largest absolute Gasteiger partial charge is 0.496 e. The van der Waals surface area contributed by atoms with E-state index in [9.17, 15) is 10.1 Å². The van der Waals surface area contributed by atoms with Crippen LogP contribution in [0.2, 0.25) is 0 Å². The standard InChI is InChI=1S/C15H15NO4/c1-11-14(19-2)9-8-13(16(17)18)15(11)20-10-12-6-4-3-5-7-12/h3-9H,10H2,1-2H3. The molecule has 2 rings (SSSR count). The SMILES string of the molecule is COc1ccc([N+](=O)[O-])c(OCc2ccccc2)c1C. The number of nitro benzene ring substituents is 1. The van der Waals surface area contributed by atoms with Crippen molar-refractivity contribution in [1.29, 1.82) is 0 Å². The van der Waals surface area contributed by atoms with Crippen LogP contribution in [0.4, 0.5) is 5.69 Å². The maximum absolute atomic E-state index is 11.1. The highest BCUT2D eigenvalue weighted by Crippen LogP contribution is 2.36. The Balaban J connectivity index is 2.31. The molecule has 5 heteroatoms. The molecule has 0 unspecified atom stereocenters. The Hall–Kier alpha value is -2.56. The Morgan fingerprint density at radius 1 is 1.15 bits per heavy atom. The summed E-state index contributed by atoms with van der Waals surface area (Å²) in [6, 6.07) is 12.5. The second-order valence-corrected chi connectivity index (χ2v) is 4.27. The van der Waals surface area contributed by atoms with E-state index in [1.165, 1.54) is 13.2 Å². The zero-order valence-electron chi connectivity index (χ0n) is 11.3. The highest BCUT2D eigenvalue weighted by molar-refractivity contribution is 5.57. The van der Waals surface area contributed by atoms with Crippen molar-refractivity contribution in [2.75, 3.05) is 7.11 Å². The number of ether oxygens (including phenoxy) is 2. The lowest BCUT2D eigenvalue weighted by molar-refractivity contribution is -0.386. The average molecular weight is 273 g/mol. The molecule has 2 aromatic rings. The Morgan fingerprint density at radius 2 is 1.85 bits per heavy atom. The number of benzene rings is 2. The van der Waals surface area contributed by atoms with Crippen LogP contribution < -0.4 is 9.47 Å². The normalized spacial score (nSPS) is 10.1. The summed E-state index contributed by atoms with van der Waals surface area (Å²) in [6.07, 6.45) is 0. The number of methoxy groups -OCH3 is 1. The van der Waals surface area contributed by atoms with Crippen molar-refractivity contribution in [3.63, 3.8) is 0 Å². The van der Waals surface area contributed by atoms with Gasteiger partial charge in [0, 0.05) is 11.6 Å². The summed E-state index contributed by atoms with van der Waals surface area (Å²) in [6.45, 7) is 2.02. The molecule has 0 saturated carbocycles. The molecule has 0 fully saturated rings. The van der Waals surface area contributed by atoms with Crippen LogP contribution in [0.3, 0.4) is 0 Å². The van der Waals surface area contributed by atoms with Crippen molar-refractivity contribution in [1.82, 2.24) is 0 Å². The van der Waals surface area contributed by atoms with E-state index in [4.69, 9.17) is 9.47 Å². The molecule has 0 aliphatic heterocycles. The fourth-order valence-electron chi connectivity index (χ4n) is 1.94. The van der Waals surface area contributed by atoms with Crippen molar-refractivity contribution >= 4 is 5.69 Å². The molecule has 0 radical (unpaired) electrons. The molecule has 0 N–H and O–H groups in total. The molecule has 0 spiro atoms. The van der Waals surface area contributed by atoms with Crippen molar-refractivity contribution in [3.8, 4) is 11.5 Å². The second-order valence-electron chi connectivity index (χ2n) is 4.27. The molecule has 2 aromatic carbocycles. The number of hydrogen-bond acceptors (Lipinski definition) is 4. The van der Waals surface area contributed by atoms with Crippen LogP contribution in [0.25, 0.3) is 0 Å². The van der Waals surface area contributed by atoms with Crippen LogP contribution in [0, 0.1) is 17.0 Å². The Labute approximate surface area is 116 Å². The molecule has 20 heavy (non-hydrogen) atoms. The van der Waals surface area contributed by atoms with E-state index < -0.39 is 4.92 Å². The highest BCUT2D eigenvalue weighted by Gasteiger charge is 2.20. The van der Waals surface area contributed by atoms with Crippen LogP contribution in [0.1, 0.15) is 11.1 Å². The molecule has 0 aliphatic carbocycles. The van der Waals surface area contributed by atoms with Gasteiger partial charge in [0.05, 0.1) is 12.0 Å². The van der Waals surface area contributed by atoms with Gasteiger partial charge in [-0.3, -0.25) is 10.1 Å². The topological polar surface area (TPSA) is 61.6 Å². The quantitative estimate of drug-likeness (QED) is 0.618. The molecule has 0 saturated heterocycles. The minimum atomic E-state index is -0.452. The van der Waals surface area contributed by atoms with Gasteiger partial charge in [-0.1, -0.05) is 30.3 Å². The highest BCUT2D eigenvalue weighted by atomic mass is 16.6. The molecule has 5 nitrogen and oxygen atoms in total. The summed E-state index contributed by atoms with van der Waals surface area (Å²) in [4.78, 5) is 10.6. The Morgan fingerprint density at radius 3 is 2.45 bits per heavy atom. The van der Waals surface area contributed by atoms with Gasteiger partial charge in [0.1, 0.15) is 12.4 Å². The molecular weight excluding hydrogens is 258 g/mol. The fraction of sp³-hybridized carbons (Fsp3) is 0.200. The minimum absolute atomic E-state index is 0.0563. The van der Waals surface area contributed by atoms with Gasteiger partial charge in [-0.05, 0) is 18.6 Å². The van der Waals surface area contributed by atoms with Crippen molar-refractivity contribution in [2.45, 2.75) is 13.5 Å². The Kier molecular flexibility index (Phi) is 4.20. The summed E-state index contributed by atoms with van der Waals surface area (Å²) in [7, 11) is 1.52. The number of nitrogens with zero attached hydrogens (tertiary/aromatic N) is 1. The first-order valence-electron chi connectivity index (χ1n) is 6.12. The summed E-state index contributed by atoms with van der Waals surface area (Å²) in [5, 5.41) is 11.1. The van der Waals surface area contributed by atoms with Gasteiger partial charge in [-0.25, -0.2) is 0 Å². The van der Waals surface area contributed by atoms with E-state index in [1.807, 2.05) is 30.3 Å². The maximum atomic E-state index is 11.1. The molecule has 0 aliphatic rings. The van der Waals surface area contributed by atoms with Gasteiger partial charge in [0.25, 0.3) is 0 Å². The summed E-state index contributed by atoms with van der Waals surface area (Å²) in [5.74, 6) is 0.817. The second kappa shape index (κ2) is 6.06.